The van der Waals surface area contributed by atoms with E-state index in [1.807, 2.05) is 18.2 Å². The highest BCUT2D eigenvalue weighted by Gasteiger charge is 2.10. The van der Waals surface area contributed by atoms with Gasteiger partial charge in [0.15, 0.2) is 11.5 Å². The van der Waals surface area contributed by atoms with E-state index in [2.05, 4.69) is 17.2 Å². The third-order valence-electron chi connectivity index (χ3n) is 3.10. The van der Waals surface area contributed by atoms with E-state index in [1.54, 1.807) is 14.2 Å². The molecule has 2 aromatic rings. The van der Waals surface area contributed by atoms with Crippen LogP contribution in [-0.4, -0.2) is 25.7 Å². The zero-order chi connectivity index (χ0) is 14.5. The lowest BCUT2D eigenvalue weighted by Gasteiger charge is -2.11. The van der Waals surface area contributed by atoms with Crippen LogP contribution in [0.2, 0.25) is 5.02 Å². The topological polar surface area (TPSA) is 43.4 Å². The van der Waals surface area contributed by atoms with Crippen molar-refractivity contribution >= 4 is 28.3 Å². The lowest BCUT2D eigenvalue weighted by molar-refractivity contribution is 0.356. The fraction of sp³-hybridized carbons (Fsp3) is 0.400. The molecule has 108 valence electrons. The van der Waals surface area contributed by atoms with E-state index in [4.69, 9.17) is 21.1 Å². The molecule has 20 heavy (non-hydrogen) atoms. The van der Waals surface area contributed by atoms with E-state index >= 15 is 0 Å². The van der Waals surface area contributed by atoms with Gasteiger partial charge in [-0.3, -0.25) is 0 Å². The van der Waals surface area contributed by atoms with Gasteiger partial charge in [-0.05, 0) is 18.6 Å². The summed E-state index contributed by atoms with van der Waals surface area (Å²) < 4.78 is 10.6. The molecular formula is C15H19ClN2O2. The summed E-state index contributed by atoms with van der Waals surface area (Å²) in [6, 6.07) is 5.52. The van der Waals surface area contributed by atoms with Crippen molar-refractivity contribution in [2.24, 2.45) is 0 Å². The van der Waals surface area contributed by atoms with E-state index in [9.17, 15) is 0 Å². The minimum Gasteiger partial charge on any atom is -0.493 e. The van der Waals surface area contributed by atoms with E-state index in [1.165, 1.54) is 0 Å². The van der Waals surface area contributed by atoms with Gasteiger partial charge in [0.1, 0.15) is 5.82 Å². The van der Waals surface area contributed by atoms with Crippen LogP contribution in [0.5, 0.6) is 11.5 Å². The number of nitrogens with one attached hydrogen (secondary N) is 1. The molecule has 0 radical (unpaired) electrons. The second-order valence-electron chi connectivity index (χ2n) is 4.49. The highest BCUT2D eigenvalue weighted by Crippen LogP contribution is 2.35. The van der Waals surface area contributed by atoms with Crippen molar-refractivity contribution in [2.45, 2.75) is 19.8 Å². The third kappa shape index (κ3) is 3.07. The Bertz CT molecular complexity index is 602. The standard InChI is InChI=1S/C15H19ClN2O2/c1-4-5-6-17-15-8-11(16)10-7-13(19-2)14(20-3)9-12(10)18-15/h7-9H,4-6H2,1-3H3,(H,17,18). The molecule has 0 spiro atoms. The molecule has 0 aliphatic heterocycles. The second-order valence-corrected chi connectivity index (χ2v) is 4.90. The number of hydrogen-bond donors (Lipinski definition) is 1. The molecule has 0 bridgehead atoms. The van der Waals surface area contributed by atoms with Gasteiger partial charge in [0, 0.05) is 18.0 Å². The highest BCUT2D eigenvalue weighted by molar-refractivity contribution is 6.35. The summed E-state index contributed by atoms with van der Waals surface area (Å²) in [5.74, 6) is 2.08. The summed E-state index contributed by atoms with van der Waals surface area (Å²) in [5, 5.41) is 4.78. The van der Waals surface area contributed by atoms with E-state index in [0.717, 1.165) is 36.1 Å². The minimum atomic E-state index is 0.647. The summed E-state index contributed by atoms with van der Waals surface area (Å²) >= 11 is 6.32. The van der Waals surface area contributed by atoms with Gasteiger partial charge in [0.2, 0.25) is 0 Å². The van der Waals surface area contributed by atoms with Crippen LogP contribution in [-0.2, 0) is 0 Å². The molecule has 0 saturated heterocycles. The number of halogens is 1. The van der Waals surface area contributed by atoms with Crippen LogP contribution in [0.25, 0.3) is 10.9 Å². The van der Waals surface area contributed by atoms with Crippen molar-refractivity contribution in [1.29, 1.82) is 0 Å². The average Bonchev–Trinajstić information content (AvgIpc) is 2.46. The molecule has 1 aromatic carbocycles. The van der Waals surface area contributed by atoms with Crippen molar-refractivity contribution in [3.63, 3.8) is 0 Å². The quantitative estimate of drug-likeness (QED) is 0.814. The molecule has 1 N–H and O–H groups in total. The van der Waals surface area contributed by atoms with Gasteiger partial charge in [0.05, 0.1) is 24.8 Å². The minimum absolute atomic E-state index is 0.647. The molecule has 0 unspecified atom stereocenters. The average molecular weight is 295 g/mol. The maximum atomic E-state index is 6.32. The number of rotatable bonds is 6. The van der Waals surface area contributed by atoms with Gasteiger partial charge in [0.25, 0.3) is 0 Å². The fourth-order valence-electron chi connectivity index (χ4n) is 2.00. The molecule has 0 amide bonds. The van der Waals surface area contributed by atoms with Gasteiger partial charge in [-0.25, -0.2) is 4.98 Å². The monoisotopic (exact) mass is 294 g/mol. The maximum Gasteiger partial charge on any atom is 0.162 e. The molecule has 2 rings (SSSR count). The number of fused-ring (bicyclic) bond motifs is 1. The van der Waals surface area contributed by atoms with Crippen LogP contribution in [0, 0.1) is 0 Å². The van der Waals surface area contributed by atoms with Gasteiger partial charge in [-0.15, -0.1) is 0 Å². The number of pyridine rings is 1. The highest BCUT2D eigenvalue weighted by atomic mass is 35.5. The first-order chi connectivity index (χ1) is 9.69. The number of hydrogen-bond acceptors (Lipinski definition) is 4. The summed E-state index contributed by atoms with van der Waals surface area (Å²) in [4.78, 5) is 4.56. The number of benzene rings is 1. The molecule has 0 atom stereocenters. The summed E-state index contributed by atoms with van der Waals surface area (Å²) in [6.45, 7) is 3.04. The second kappa shape index (κ2) is 6.66. The summed E-state index contributed by atoms with van der Waals surface area (Å²) in [5.41, 5.74) is 0.786. The molecule has 0 fully saturated rings. The van der Waals surface area contributed by atoms with Crippen LogP contribution in [0.3, 0.4) is 0 Å². The molecule has 4 nitrogen and oxygen atoms in total. The lowest BCUT2D eigenvalue weighted by atomic mass is 10.2. The first-order valence-electron chi connectivity index (χ1n) is 6.65. The number of methoxy groups -OCH3 is 2. The Morgan fingerprint density at radius 3 is 2.50 bits per heavy atom. The van der Waals surface area contributed by atoms with Crippen LogP contribution in [0.1, 0.15) is 19.8 Å². The molecule has 0 aliphatic carbocycles. The van der Waals surface area contributed by atoms with Crippen LogP contribution < -0.4 is 14.8 Å². The number of unbranched alkanes of at least 4 members (excludes halogenated alkanes) is 1. The Labute approximate surface area is 124 Å². The van der Waals surface area contributed by atoms with Crippen molar-refractivity contribution in [2.75, 3.05) is 26.1 Å². The fourth-order valence-corrected chi connectivity index (χ4v) is 2.25. The van der Waals surface area contributed by atoms with Crippen molar-refractivity contribution in [1.82, 2.24) is 4.98 Å². The predicted octanol–water partition coefficient (Wildman–Crippen LogP) is 4.12. The normalized spacial score (nSPS) is 10.6. The van der Waals surface area contributed by atoms with Crippen molar-refractivity contribution in [3.8, 4) is 11.5 Å². The molecular weight excluding hydrogens is 276 g/mol. The zero-order valence-electron chi connectivity index (χ0n) is 12.0. The molecule has 5 heteroatoms. The van der Waals surface area contributed by atoms with E-state index < -0.39 is 0 Å². The van der Waals surface area contributed by atoms with Gasteiger partial charge in [-0.2, -0.15) is 0 Å². The SMILES string of the molecule is CCCCNc1cc(Cl)c2cc(OC)c(OC)cc2n1. The first kappa shape index (κ1) is 14.7. The third-order valence-corrected chi connectivity index (χ3v) is 3.41. The van der Waals surface area contributed by atoms with Crippen molar-refractivity contribution in [3.05, 3.63) is 23.2 Å². The Morgan fingerprint density at radius 1 is 1.15 bits per heavy atom. The van der Waals surface area contributed by atoms with Crippen LogP contribution in [0.15, 0.2) is 18.2 Å². The molecule has 1 heterocycles. The number of anilines is 1. The molecule has 1 aromatic heterocycles. The Kier molecular flexibility index (Phi) is 4.90. The maximum absolute atomic E-state index is 6.32. The predicted molar refractivity (Wildman–Crippen MR) is 83.3 cm³/mol. The largest absolute Gasteiger partial charge is 0.493 e. The summed E-state index contributed by atoms with van der Waals surface area (Å²) in [6.07, 6.45) is 2.24. The van der Waals surface area contributed by atoms with E-state index in [-0.39, 0.29) is 0 Å². The first-order valence-corrected chi connectivity index (χ1v) is 7.03. The Balaban J connectivity index is 2.42. The van der Waals surface area contributed by atoms with Gasteiger partial charge < -0.3 is 14.8 Å². The number of nitrogens with zero attached hydrogens (tertiary/aromatic N) is 1. The molecule has 0 saturated carbocycles. The van der Waals surface area contributed by atoms with Gasteiger partial charge >= 0.3 is 0 Å². The van der Waals surface area contributed by atoms with Crippen molar-refractivity contribution < 1.29 is 9.47 Å². The van der Waals surface area contributed by atoms with Crippen LogP contribution in [0.4, 0.5) is 5.82 Å². The van der Waals surface area contributed by atoms with Gasteiger partial charge in [-0.1, -0.05) is 24.9 Å². The Hall–Kier alpha value is -1.68. The van der Waals surface area contributed by atoms with Crippen LogP contribution >= 0.6 is 11.6 Å². The molecule has 0 aliphatic rings. The lowest BCUT2D eigenvalue weighted by Crippen LogP contribution is -2.03. The van der Waals surface area contributed by atoms with E-state index in [0.29, 0.717) is 16.5 Å². The Morgan fingerprint density at radius 2 is 1.85 bits per heavy atom. The smallest absolute Gasteiger partial charge is 0.162 e. The summed E-state index contributed by atoms with van der Waals surface area (Å²) in [7, 11) is 3.21. The zero-order valence-corrected chi connectivity index (χ0v) is 12.8. The number of ether oxygens (including phenoxy) is 2. The number of aromatic nitrogens is 1.